The molecule has 0 unspecified atom stereocenters. The van der Waals surface area contributed by atoms with Gasteiger partial charge in [-0.15, -0.1) is 11.3 Å². The predicted octanol–water partition coefficient (Wildman–Crippen LogP) is 3.34. The van der Waals surface area contributed by atoms with Crippen LogP contribution in [-0.4, -0.2) is 23.9 Å². The number of thiophene rings is 1. The van der Waals surface area contributed by atoms with Gasteiger partial charge in [0.25, 0.3) is 0 Å². The first-order chi connectivity index (χ1) is 10.7. The van der Waals surface area contributed by atoms with Gasteiger partial charge in [-0.25, -0.2) is 4.39 Å². The van der Waals surface area contributed by atoms with Gasteiger partial charge >= 0.3 is 0 Å². The fourth-order valence-corrected chi connectivity index (χ4v) is 3.76. The van der Waals surface area contributed by atoms with Gasteiger partial charge in [-0.2, -0.15) is 0 Å². The molecule has 1 aliphatic heterocycles. The third-order valence-electron chi connectivity index (χ3n) is 3.98. The highest BCUT2D eigenvalue weighted by atomic mass is 32.1. The number of hydrogen-bond acceptors (Lipinski definition) is 3. The molecule has 1 aromatic carbocycles. The van der Waals surface area contributed by atoms with Gasteiger partial charge < -0.3 is 5.32 Å². The van der Waals surface area contributed by atoms with E-state index in [0.717, 1.165) is 24.9 Å². The third-order valence-corrected chi connectivity index (χ3v) is 4.96. The molecule has 22 heavy (non-hydrogen) atoms. The Kier molecular flexibility index (Phi) is 4.85. The summed E-state index contributed by atoms with van der Waals surface area (Å²) in [6.45, 7) is 1.83. The summed E-state index contributed by atoms with van der Waals surface area (Å²) in [5.41, 5.74) is 0.908. The molecule has 3 rings (SSSR count). The first-order valence-corrected chi connectivity index (χ1v) is 8.39. The second kappa shape index (κ2) is 7.03. The van der Waals surface area contributed by atoms with Crippen LogP contribution in [0, 0.1) is 5.82 Å². The normalized spacial score (nSPS) is 18.5. The Hall–Kier alpha value is -1.72. The predicted molar refractivity (Wildman–Crippen MR) is 86.1 cm³/mol. The first kappa shape index (κ1) is 15.2. The molecule has 0 saturated carbocycles. The Labute approximate surface area is 133 Å². The van der Waals surface area contributed by atoms with Gasteiger partial charge in [0.1, 0.15) is 5.82 Å². The fraction of sp³-hybridized carbons (Fsp3) is 0.353. The van der Waals surface area contributed by atoms with Crippen molar-refractivity contribution in [2.24, 2.45) is 0 Å². The van der Waals surface area contributed by atoms with Crippen molar-refractivity contribution in [2.75, 3.05) is 13.1 Å². The zero-order valence-electron chi connectivity index (χ0n) is 12.3. The van der Waals surface area contributed by atoms with Crippen molar-refractivity contribution in [1.29, 1.82) is 0 Å². The van der Waals surface area contributed by atoms with Crippen LogP contribution in [-0.2, 0) is 11.3 Å². The van der Waals surface area contributed by atoms with Crippen LogP contribution in [0.25, 0.3) is 0 Å². The number of halogens is 1. The Morgan fingerprint density at radius 2 is 2.14 bits per heavy atom. The maximum atomic E-state index is 12.8. The topological polar surface area (TPSA) is 32.3 Å². The minimum Gasteiger partial charge on any atom is -0.351 e. The summed E-state index contributed by atoms with van der Waals surface area (Å²) in [6.07, 6.45) is 2.25. The largest absolute Gasteiger partial charge is 0.351 e. The summed E-state index contributed by atoms with van der Waals surface area (Å²) < 4.78 is 12.8. The van der Waals surface area contributed by atoms with E-state index in [9.17, 15) is 9.18 Å². The lowest BCUT2D eigenvalue weighted by Gasteiger charge is -2.22. The number of rotatable bonds is 5. The molecule has 1 saturated heterocycles. The molecule has 1 aliphatic rings. The second-order valence-corrected chi connectivity index (χ2v) is 6.53. The summed E-state index contributed by atoms with van der Waals surface area (Å²) in [5.74, 6) is -0.237. The molecule has 1 atom stereocenters. The number of amides is 1. The lowest BCUT2D eigenvalue weighted by Crippen LogP contribution is -2.36. The molecule has 2 heterocycles. The van der Waals surface area contributed by atoms with Gasteiger partial charge in [0, 0.05) is 17.5 Å². The smallest absolute Gasteiger partial charge is 0.234 e. The van der Waals surface area contributed by atoms with E-state index in [1.807, 2.05) is 0 Å². The zero-order valence-corrected chi connectivity index (χ0v) is 13.1. The van der Waals surface area contributed by atoms with Crippen molar-refractivity contribution >= 4 is 17.2 Å². The van der Waals surface area contributed by atoms with Gasteiger partial charge in [-0.1, -0.05) is 18.2 Å². The SMILES string of the molecule is O=C(CN1CCC[C@@H]1c1cccs1)NCc1ccc(F)cc1. The Balaban J connectivity index is 1.52. The summed E-state index contributed by atoms with van der Waals surface area (Å²) in [6, 6.07) is 10.8. The van der Waals surface area contributed by atoms with Crippen LogP contribution in [0.3, 0.4) is 0 Å². The Morgan fingerprint density at radius 3 is 2.86 bits per heavy atom. The van der Waals surface area contributed by atoms with Crippen LogP contribution < -0.4 is 5.32 Å². The van der Waals surface area contributed by atoms with E-state index >= 15 is 0 Å². The van der Waals surface area contributed by atoms with E-state index in [4.69, 9.17) is 0 Å². The van der Waals surface area contributed by atoms with Crippen molar-refractivity contribution in [1.82, 2.24) is 10.2 Å². The lowest BCUT2D eigenvalue weighted by atomic mass is 10.2. The molecule has 1 N–H and O–H groups in total. The molecule has 1 aromatic heterocycles. The highest BCUT2D eigenvalue weighted by Crippen LogP contribution is 2.33. The standard InChI is InChI=1S/C17H19FN2OS/c18-14-7-5-13(6-8-14)11-19-17(21)12-20-9-1-3-15(20)16-4-2-10-22-16/h2,4-8,10,15H,1,3,9,11-12H2,(H,19,21)/t15-/m1/s1. The molecule has 1 amide bonds. The van der Waals surface area contributed by atoms with Gasteiger partial charge in [-0.05, 0) is 48.5 Å². The van der Waals surface area contributed by atoms with Crippen molar-refractivity contribution < 1.29 is 9.18 Å². The van der Waals surface area contributed by atoms with Crippen LogP contribution in [0.15, 0.2) is 41.8 Å². The number of benzene rings is 1. The van der Waals surface area contributed by atoms with E-state index in [-0.39, 0.29) is 11.7 Å². The Morgan fingerprint density at radius 1 is 1.32 bits per heavy atom. The average Bonchev–Trinajstić information content (AvgIpc) is 3.17. The van der Waals surface area contributed by atoms with Crippen molar-refractivity contribution in [2.45, 2.75) is 25.4 Å². The number of likely N-dealkylation sites (tertiary alicyclic amines) is 1. The number of nitrogens with zero attached hydrogens (tertiary/aromatic N) is 1. The van der Waals surface area contributed by atoms with Gasteiger partial charge in [-0.3, -0.25) is 9.69 Å². The average molecular weight is 318 g/mol. The Bertz CT molecular complexity index is 612. The van der Waals surface area contributed by atoms with Crippen molar-refractivity contribution in [3.05, 3.63) is 58.0 Å². The minimum absolute atomic E-state index is 0.0211. The van der Waals surface area contributed by atoms with Crippen LogP contribution in [0.2, 0.25) is 0 Å². The summed E-state index contributed by atoms with van der Waals surface area (Å²) in [4.78, 5) is 15.7. The number of nitrogens with one attached hydrogen (secondary N) is 1. The van der Waals surface area contributed by atoms with Crippen LogP contribution in [0.4, 0.5) is 4.39 Å². The molecule has 0 bridgehead atoms. The quantitative estimate of drug-likeness (QED) is 0.917. The van der Waals surface area contributed by atoms with Crippen LogP contribution >= 0.6 is 11.3 Å². The van der Waals surface area contributed by atoms with E-state index in [1.54, 1.807) is 23.5 Å². The monoisotopic (exact) mass is 318 g/mol. The van der Waals surface area contributed by atoms with Crippen molar-refractivity contribution in [3.63, 3.8) is 0 Å². The molecule has 1 fully saturated rings. The molecule has 5 heteroatoms. The highest BCUT2D eigenvalue weighted by molar-refractivity contribution is 7.10. The summed E-state index contributed by atoms with van der Waals surface area (Å²) >= 11 is 1.75. The lowest BCUT2D eigenvalue weighted by molar-refractivity contribution is -0.122. The van der Waals surface area contributed by atoms with Crippen molar-refractivity contribution in [3.8, 4) is 0 Å². The van der Waals surface area contributed by atoms with E-state index in [0.29, 0.717) is 19.1 Å². The van der Waals surface area contributed by atoms with E-state index < -0.39 is 0 Å². The first-order valence-electron chi connectivity index (χ1n) is 7.51. The third kappa shape index (κ3) is 3.72. The van der Waals surface area contributed by atoms with Gasteiger partial charge in [0.05, 0.1) is 6.54 Å². The molecular weight excluding hydrogens is 299 g/mol. The highest BCUT2D eigenvalue weighted by Gasteiger charge is 2.27. The van der Waals surface area contributed by atoms with Crippen LogP contribution in [0.1, 0.15) is 29.3 Å². The summed E-state index contributed by atoms with van der Waals surface area (Å²) in [5, 5.41) is 5.00. The van der Waals surface area contributed by atoms with E-state index in [1.165, 1.54) is 17.0 Å². The van der Waals surface area contributed by atoms with Gasteiger partial charge in [0.2, 0.25) is 5.91 Å². The van der Waals surface area contributed by atoms with Crippen LogP contribution in [0.5, 0.6) is 0 Å². The zero-order chi connectivity index (χ0) is 15.4. The molecule has 116 valence electrons. The maximum absolute atomic E-state index is 12.8. The molecular formula is C17H19FN2OS. The summed E-state index contributed by atoms with van der Waals surface area (Å²) in [7, 11) is 0. The van der Waals surface area contributed by atoms with E-state index in [2.05, 4.69) is 27.7 Å². The van der Waals surface area contributed by atoms with Gasteiger partial charge in [0.15, 0.2) is 0 Å². The number of carbonyl (C=O) groups excluding carboxylic acids is 1. The maximum Gasteiger partial charge on any atom is 0.234 e. The number of hydrogen-bond donors (Lipinski definition) is 1. The molecule has 2 aromatic rings. The minimum atomic E-state index is -0.258. The molecule has 3 nitrogen and oxygen atoms in total. The molecule has 0 radical (unpaired) electrons. The second-order valence-electron chi connectivity index (χ2n) is 5.55. The molecule has 0 aliphatic carbocycles. The fourth-order valence-electron chi connectivity index (χ4n) is 2.86. The number of carbonyl (C=O) groups is 1. The molecule has 0 spiro atoms.